The molecule has 0 spiro atoms. The van der Waals surface area contributed by atoms with Crippen LogP contribution in [0.25, 0.3) is 10.9 Å². The number of aromatic amines is 1. The van der Waals surface area contributed by atoms with Gasteiger partial charge in [-0.3, -0.25) is 9.69 Å². The Morgan fingerprint density at radius 1 is 1.10 bits per heavy atom. The Hall–Kier alpha value is -3.70. The van der Waals surface area contributed by atoms with Crippen molar-refractivity contribution >= 4 is 10.9 Å². The Morgan fingerprint density at radius 3 is 2.65 bits per heavy atom. The molecule has 4 heterocycles. The number of nitrogens with zero attached hydrogens (tertiary/aromatic N) is 5. The third-order valence-electron chi connectivity index (χ3n) is 8.12. The summed E-state index contributed by atoms with van der Waals surface area (Å²) in [7, 11) is 3.18. The molecule has 11 heteroatoms. The summed E-state index contributed by atoms with van der Waals surface area (Å²) in [4.78, 5) is 19.2. The molecule has 2 aliphatic rings. The van der Waals surface area contributed by atoms with E-state index in [1.807, 2.05) is 28.9 Å². The minimum atomic E-state index is -0.535. The number of fused-ring (bicyclic) bond motifs is 1. The summed E-state index contributed by atoms with van der Waals surface area (Å²) in [5, 5.41) is 14.0. The number of H-pyrrole nitrogens is 1. The molecule has 11 nitrogen and oxygen atoms in total. The molecule has 40 heavy (non-hydrogen) atoms. The van der Waals surface area contributed by atoms with Crippen molar-refractivity contribution in [3.8, 4) is 11.5 Å². The van der Waals surface area contributed by atoms with Gasteiger partial charge in [-0.05, 0) is 60.4 Å². The molecule has 3 aromatic heterocycles. The smallest absolute Gasteiger partial charge is 0.253 e. The molecule has 0 radical (unpaired) electrons. The highest BCUT2D eigenvalue weighted by Crippen LogP contribution is 2.36. The number of aromatic nitrogens is 5. The average molecular weight is 549 g/mol. The van der Waals surface area contributed by atoms with Gasteiger partial charge in [0.05, 0.1) is 44.7 Å². The van der Waals surface area contributed by atoms with Crippen molar-refractivity contribution in [2.75, 3.05) is 27.4 Å². The number of ether oxygens (including phenoxy) is 3. The monoisotopic (exact) mass is 548 g/mol. The Morgan fingerprint density at radius 2 is 1.93 bits per heavy atom. The molecule has 0 unspecified atom stereocenters. The Bertz CT molecular complexity index is 1470. The van der Waals surface area contributed by atoms with E-state index in [1.54, 1.807) is 26.5 Å². The van der Waals surface area contributed by atoms with Crippen LogP contribution < -0.4 is 15.0 Å². The first-order chi connectivity index (χ1) is 19.6. The Kier molecular flexibility index (Phi) is 7.83. The number of rotatable bonds is 10. The van der Waals surface area contributed by atoms with Gasteiger partial charge in [-0.2, -0.15) is 0 Å². The Labute approximate surface area is 232 Å². The SMILES string of the molecule is COc1cc2cc([C@@H](c3nnnn3C3CCCCC3)N(Cc3ccco3)C[C@@H]3CCCO3)c(=O)[nH]c2cc1OC. The van der Waals surface area contributed by atoms with E-state index in [0.717, 1.165) is 56.3 Å². The van der Waals surface area contributed by atoms with Gasteiger partial charge in [0.2, 0.25) is 0 Å². The van der Waals surface area contributed by atoms with Crippen LogP contribution in [0.15, 0.2) is 45.8 Å². The maximum absolute atomic E-state index is 13.9. The summed E-state index contributed by atoms with van der Waals surface area (Å²) < 4.78 is 24.8. The molecule has 2 fully saturated rings. The first-order valence-corrected chi connectivity index (χ1v) is 14.1. The van der Waals surface area contributed by atoms with Crippen LogP contribution in [0.3, 0.4) is 0 Å². The first-order valence-electron chi connectivity index (χ1n) is 14.1. The van der Waals surface area contributed by atoms with Crippen LogP contribution in [0.4, 0.5) is 0 Å². The quantitative estimate of drug-likeness (QED) is 0.307. The highest BCUT2D eigenvalue weighted by molar-refractivity contribution is 5.83. The van der Waals surface area contributed by atoms with Crippen LogP contribution in [0.2, 0.25) is 0 Å². The molecule has 4 aromatic rings. The second-order valence-corrected chi connectivity index (χ2v) is 10.7. The van der Waals surface area contributed by atoms with Crippen molar-refractivity contribution < 1.29 is 18.6 Å². The summed E-state index contributed by atoms with van der Waals surface area (Å²) in [6.45, 7) is 1.81. The highest BCUT2D eigenvalue weighted by atomic mass is 16.5. The highest BCUT2D eigenvalue weighted by Gasteiger charge is 2.35. The second kappa shape index (κ2) is 11.8. The third kappa shape index (κ3) is 5.35. The minimum Gasteiger partial charge on any atom is -0.493 e. The zero-order valence-electron chi connectivity index (χ0n) is 23.0. The van der Waals surface area contributed by atoms with Gasteiger partial charge in [0, 0.05) is 30.2 Å². The maximum Gasteiger partial charge on any atom is 0.253 e. The van der Waals surface area contributed by atoms with Crippen molar-refractivity contribution in [2.45, 2.75) is 69.7 Å². The lowest BCUT2D eigenvalue weighted by Gasteiger charge is -2.33. The van der Waals surface area contributed by atoms with Gasteiger partial charge in [-0.25, -0.2) is 4.68 Å². The standard InChI is InChI=1S/C29H36N6O5/c1-37-25-15-19-14-23(29(36)30-24(19)16-26(25)38-2)27(28-31-32-33-35(28)20-8-4-3-5-9-20)34(17-21-10-6-12-39-21)18-22-11-7-13-40-22/h6,10,12,14-16,20,22,27H,3-5,7-9,11,13,17-18H2,1-2H3,(H,30,36)/t22-,27-/m0/s1. The number of hydrogen-bond acceptors (Lipinski definition) is 9. The molecule has 0 amide bonds. The minimum absolute atomic E-state index is 0.0420. The number of hydrogen-bond donors (Lipinski definition) is 1. The fourth-order valence-electron chi connectivity index (χ4n) is 6.13. The van der Waals surface area contributed by atoms with Crippen LogP contribution in [0.5, 0.6) is 11.5 Å². The topological polar surface area (TPSA) is 121 Å². The largest absolute Gasteiger partial charge is 0.493 e. The van der Waals surface area contributed by atoms with Crippen molar-refractivity contribution in [1.29, 1.82) is 0 Å². The molecule has 6 rings (SSSR count). The number of tetrazole rings is 1. The number of methoxy groups -OCH3 is 2. The molecule has 1 saturated heterocycles. The molecule has 1 N–H and O–H groups in total. The van der Waals surface area contributed by atoms with Crippen molar-refractivity contribution in [2.24, 2.45) is 0 Å². The maximum atomic E-state index is 13.9. The average Bonchev–Trinajstić information content (AvgIpc) is 3.77. The van der Waals surface area contributed by atoms with Gasteiger partial charge in [-0.15, -0.1) is 5.10 Å². The summed E-state index contributed by atoms with van der Waals surface area (Å²) in [6, 6.07) is 9.07. The fourth-order valence-corrected chi connectivity index (χ4v) is 6.13. The second-order valence-electron chi connectivity index (χ2n) is 10.7. The predicted octanol–water partition coefficient (Wildman–Crippen LogP) is 4.40. The number of nitrogens with one attached hydrogen (secondary N) is 1. The fraction of sp³-hybridized carbons (Fsp3) is 0.517. The normalized spacial score (nSPS) is 18.9. The zero-order valence-corrected chi connectivity index (χ0v) is 23.0. The zero-order chi connectivity index (χ0) is 27.5. The van der Waals surface area contributed by atoms with Gasteiger partial charge >= 0.3 is 0 Å². The lowest BCUT2D eigenvalue weighted by atomic mass is 9.95. The van der Waals surface area contributed by atoms with Gasteiger partial charge in [0.25, 0.3) is 5.56 Å². The van der Waals surface area contributed by atoms with Crippen LogP contribution in [0.1, 0.15) is 74.2 Å². The van der Waals surface area contributed by atoms with Crippen LogP contribution in [-0.4, -0.2) is 63.6 Å². The molecule has 1 aliphatic carbocycles. The summed E-state index contributed by atoms with van der Waals surface area (Å²) in [5.74, 6) is 2.59. The number of pyridine rings is 1. The van der Waals surface area contributed by atoms with Gasteiger partial charge in [0.15, 0.2) is 17.3 Å². The predicted molar refractivity (Wildman–Crippen MR) is 148 cm³/mol. The van der Waals surface area contributed by atoms with E-state index in [2.05, 4.69) is 25.4 Å². The Balaban J connectivity index is 1.51. The van der Waals surface area contributed by atoms with E-state index < -0.39 is 6.04 Å². The molecule has 1 aliphatic heterocycles. The van der Waals surface area contributed by atoms with Gasteiger partial charge < -0.3 is 23.6 Å². The lowest BCUT2D eigenvalue weighted by Crippen LogP contribution is -2.39. The van der Waals surface area contributed by atoms with Gasteiger partial charge in [0.1, 0.15) is 11.8 Å². The van der Waals surface area contributed by atoms with E-state index in [-0.39, 0.29) is 17.7 Å². The summed E-state index contributed by atoms with van der Waals surface area (Å²) in [5.41, 5.74) is 1.00. The molecule has 1 aromatic carbocycles. The van der Waals surface area contributed by atoms with Crippen molar-refractivity contribution in [1.82, 2.24) is 30.1 Å². The van der Waals surface area contributed by atoms with Crippen molar-refractivity contribution in [3.05, 3.63) is 64.1 Å². The molecule has 212 valence electrons. The van der Waals surface area contributed by atoms with E-state index >= 15 is 0 Å². The van der Waals surface area contributed by atoms with E-state index in [4.69, 9.17) is 18.6 Å². The van der Waals surface area contributed by atoms with Crippen LogP contribution in [0, 0.1) is 0 Å². The number of furan rings is 1. The number of benzene rings is 1. The molecular formula is C29H36N6O5. The summed E-state index contributed by atoms with van der Waals surface area (Å²) in [6.07, 6.45) is 9.21. The van der Waals surface area contributed by atoms with Crippen molar-refractivity contribution in [3.63, 3.8) is 0 Å². The van der Waals surface area contributed by atoms with Crippen LogP contribution in [-0.2, 0) is 11.3 Å². The third-order valence-corrected chi connectivity index (χ3v) is 8.12. The molecular weight excluding hydrogens is 512 g/mol. The summed E-state index contributed by atoms with van der Waals surface area (Å²) >= 11 is 0. The van der Waals surface area contributed by atoms with E-state index in [9.17, 15) is 4.79 Å². The van der Waals surface area contributed by atoms with Crippen LogP contribution >= 0.6 is 0 Å². The van der Waals surface area contributed by atoms with E-state index in [0.29, 0.717) is 41.5 Å². The van der Waals surface area contributed by atoms with Gasteiger partial charge in [-0.1, -0.05) is 19.3 Å². The molecule has 0 bridgehead atoms. The first kappa shape index (κ1) is 26.5. The lowest BCUT2D eigenvalue weighted by molar-refractivity contribution is 0.0539. The van der Waals surface area contributed by atoms with E-state index in [1.165, 1.54) is 6.42 Å². The molecule has 1 saturated carbocycles. The molecule has 2 atom stereocenters.